The zero-order chi connectivity index (χ0) is 17.5. The van der Waals surface area contributed by atoms with Crippen molar-refractivity contribution < 1.29 is 14.4 Å². The number of hydrogen-bond donors (Lipinski definition) is 1. The normalized spacial score (nSPS) is 29.0. The van der Waals surface area contributed by atoms with Crippen molar-refractivity contribution in [1.82, 2.24) is 10.2 Å². The molecule has 3 atom stereocenters. The van der Waals surface area contributed by atoms with E-state index in [-0.39, 0.29) is 17.7 Å². The van der Waals surface area contributed by atoms with E-state index in [2.05, 4.69) is 21.2 Å². The van der Waals surface area contributed by atoms with E-state index < -0.39 is 17.4 Å². The highest BCUT2D eigenvalue weighted by atomic mass is 79.9. The van der Waals surface area contributed by atoms with Gasteiger partial charge in [0.2, 0.25) is 11.8 Å². The van der Waals surface area contributed by atoms with E-state index in [4.69, 9.17) is 0 Å². The molecule has 1 spiro atoms. The summed E-state index contributed by atoms with van der Waals surface area (Å²) in [5, 5.41) is 3.06. The van der Waals surface area contributed by atoms with Gasteiger partial charge in [-0.05, 0) is 28.8 Å². The number of amides is 3. The van der Waals surface area contributed by atoms with Crippen molar-refractivity contribution in [3.63, 3.8) is 0 Å². The van der Waals surface area contributed by atoms with Gasteiger partial charge in [-0.15, -0.1) is 0 Å². The van der Waals surface area contributed by atoms with Crippen molar-refractivity contribution in [2.24, 2.45) is 5.92 Å². The Balaban J connectivity index is 1.87. The molecular formula is C19H13BrN2O3. The lowest BCUT2D eigenvalue weighted by Crippen LogP contribution is -2.48. The van der Waals surface area contributed by atoms with Crippen LogP contribution in [0.5, 0.6) is 0 Å². The third kappa shape index (κ3) is 1.56. The van der Waals surface area contributed by atoms with E-state index in [9.17, 15) is 14.4 Å². The first kappa shape index (κ1) is 14.8. The average Bonchev–Trinajstić information content (AvgIpc) is 3.14. The fraction of sp³-hybridized carbons (Fsp3) is 0.211. The van der Waals surface area contributed by atoms with E-state index in [1.54, 1.807) is 6.07 Å². The number of carbonyl (C=O) groups is 3. The number of carbonyl (C=O) groups excluding carboxylic acids is 3. The Kier molecular flexibility index (Phi) is 2.72. The molecule has 1 aliphatic carbocycles. The molecule has 6 heteroatoms. The van der Waals surface area contributed by atoms with Crippen molar-refractivity contribution in [2.75, 3.05) is 7.05 Å². The van der Waals surface area contributed by atoms with E-state index in [0.29, 0.717) is 5.56 Å². The summed E-state index contributed by atoms with van der Waals surface area (Å²) in [4.78, 5) is 39.6. The molecule has 3 unspecified atom stereocenters. The average molecular weight is 397 g/mol. The number of fused-ring (bicyclic) bond motifs is 7. The first-order chi connectivity index (χ1) is 12.0. The summed E-state index contributed by atoms with van der Waals surface area (Å²) >= 11 is 3.40. The van der Waals surface area contributed by atoms with Crippen LogP contribution in [-0.4, -0.2) is 29.7 Å². The van der Waals surface area contributed by atoms with Crippen LogP contribution in [0.4, 0.5) is 0 Å². The van der Waals surface area contributed by atoms with Gasteiger partial charge in [0.25, 0.3) is 5.91 Å². The summed E-state index contributed by atoms with van der Waals surface area (Å²) in [5.74, 6) is -1.87. The van der Waals surface area contributed by atoms with Gasteiger partial charge in [-0.2, -0.15) is 0 Å². The Morgan fingerprint density at radius 2 is 1.80 bits per heavy atom. The molecule has 2 heterocycles. The van der Waals surface area contributed by atoms with Crippen LogP contribution in [0.25, 0.3) is 0 Å². The Hall–Kier alpha value is -2.47. The van der Waals surface area contributed by atoms with Gasteiger partial charge in [-0.1, -0.05) is 46.3 Å². The molecule has 0 bridgehead atoms. The number of benzene rings is 2. The maximum atomic E-state index is 13.0. The topological polar surface area (TPSA) is 66.5 Å². The molecule has 1 fully saturated rings. The highest BCUT2D eigenvalue weighted by Crippen LogP contribution is 2.58. The number of halogens is 1. The zero-order valence-electron chi connectivity index (χ0n) is 13.2. The van der Waals surface area contributed by atoms with Crippen molar-refractivity contribution in [1.29, 1.82) is 0 Å². The highest BCUT2D eigenvalue weighted by Gasteiger charge is 2.66. The molecule has 2 aromatic carbocycles. The van der Waals surface area contributed by atoms with E-state index in [0.717, 1.165) is 21.2 Å². The molecule has 5 nitrogen and oxygen atoms in total. The molecule has 3 amide bonds. The minimum absolute atomic E-state index is 0.209. The molecule has 5 rings (SSSR count). The number of likely N-dealkylation sites (N-methyl/N-ethyl adjacent to an activating group) is 1. The van der Waals surface area contributed by atoms with Crippen molar-refractivity contribution >= 4 is 33.7 Å². The number of nitrogens with zero attached hydrogens (tertiary/aromatic N) is 1. The fourth-order valence-corrected chi connectivity index (χ4v) is 5.03. The first-order valence-electron chi connectivity index (χ1n) is 8.00. The summed E-state index contributed by atoms with van der Waals surface area (Å²) in [6.07, 6.45) is 0. The first-order valence-corrected chi connectivity index (χ1v) is 8.79. The second-order valence-corrected chi connectivity index (χ2v) is 7.65. The lowest BCUT2D eigenvalue weighted by atomic mass is 9.77. The fourth-order valence-electron chi connectivity index (χ4n) is 4.67. The van der Waals surface area contributed by atoms with Crippen LogP contribution in [0.3, 0.4) is 0 Å². The van der Waals surface area contributed by atoms with Crippen LogP contribution in [0.2, 0.25) is 0 Å². The zero-order valence-corrected chi connectivity index (χ0v) is 14.8. The molecule has 1 N–H and O–H groups in total. The van der Waals surface area contributed by atoms with Crippen molar-refractivity contribution in [2.45, 2.75) is 11.5 Å². The summed E-state index contributed by atoms with van der Waals surface area (Å²) in [5.41, 5.74) is 1.99. The summed E-state index contributed by atoms with van der Waals surface area (Å²) < 4.78 is 0.798. The van der Waals surface area contributed by atoms with Crippen LogP contribution in [0, 0.1) is 5.92 Å². The predicted octanol–water partition coefficient (Wildman–Crippen LogP) is 2.15. The van der Waals surface area contributed by atoms with E-state index in [1.165, 1.54) is 11.9 Å². The van der Waals surface area contributed by atoms with Crippen LogP contribution in [0.1, 0.15) is 33.0 Å². The standard InChI is InChI=1S/C19H13BrN2O3/c1-22-17(24)14-10-4-2-3-5-12(10)19(15(14)18(22)25)13-7-6-9(20)8-11(13)16(23)21-19/h2-8,14-15H,1H3,(H,21,23). The minimum Gasteiger partial charge on any atom is -0.337 e. The number of rotatable bonds is 0. The van der Waals surface area contributed by atoms with Gasteiger partial charge in [0, 0.05) is 17.1 Å². The SMILES string of the molecule is CN1C(=O)C2c3ccccc3C3(NC(=O)c4cc(Br)ccc43)C2C1=O. The third-order valence-electron chi connectivity index (χ3n) is 5.68. The molecular weight excluding hydrogens is 384 g/mol. The molecule has 124 valence electrons. The number of likely N-dealkylation sites (tertiary alicyclic amines) is 1. The van der Waals surface area contributed by atoms with Crippen molar-refractivity contribution in [3.8, 4) is 0 Å². The maximum Gasteiger partial charge on any atom is 0.252 e. The molecule has 25 heavy (non-hydrogen) atoms. The Labute approximate surface area is 152 Å². The largest absolute Gasteiger partial charge is 0.337 e. The lowest BCUT2D eigenvalue weighted by Gasteiger charge is -2.32. The smallest absolute Gasteiger partial charge is 0.252 e. The van der Waals surface area contributed by atoms with Gasteiger partial charge in [0.15, 0.2) is 0 Å². The minimum atomic E-state index is -0.980. The Bertz CT molecular complexity index is 1000. The molecule has 0 aromatic heterocycles. The molecule has 2 aliphatic heterocycles. The number of nitrogens with one attached hydrogen (secondary N) is 1. The highest BCUT2D eigenvalue weighted by molar-refractivity contribution is 9.10. The van der Waals surface area contributed by atoms with Crippen LogP contribution in [-0.2, 0) is 15.1 Å². The Morgan fingerprint density at radius 1 is 1.04 bits per heavy atom. The molecule has 0 radical (unpaired) electrons. The summed E-state index contributed by atoms with van der Waals surface area (Å²) in [7, 11) is 1.51. The molecule has 2 aromatic rings. The molecule has 1 saturated heterocycles. The predicted molar refractivity (Wildman–Crippen MR) is 92.8 cm³/mol. The van der Waals surface area contributed by atoms with Gasteiger partial charge >= 0.3 is 0 Å². The lowest BCUT2D eigenvalue weighted by molar-refractivity contribution is -0.138. The van der Waals surface area contributed by atoms with Gasteiger partial charge < -0.3 is 5.32 Å². The Morgan fingerprint density at radius 3 is 2.60 bits per heavy atom. The molecule has 0 saturated carbocycles. The van der Waals surface area contributed by atoms with Gasteiger partial charge in [-0.3, -0.25) is 19.3 Å². The second-order valence-electron chi connectivity index (χ2n) is 6.73. The monoisotopic (exact) mass is 396 g/mol. The van der Waals surface area contributed by atoms with Gasteiger partial charge in [0.05, 0.1) is 11.8 Å². The second kappa shape index (κ2) is 4.58. The van der Waals surface area contributed by atoms with Crippen LogP contribution in [0.15, 0.2) is 46.9 Å². The van der Waals surface area contributed by atoms with Crippen LogP contribution >= 0.6 is 15.9 Å². The number of hydrogen-bond acceptors (Lipinski definition) is 3. The summed E-state index contributed by atoms with van der Waals surface area (Å²) in [6.45, 7) is 0. The van der Waals surface area contributed by atoms with E-state index in [1.807, 2.05) is 36.4 Å². The van der Waals surface area contributed by atoms with Crippen LogP contribution < -0.4 is 5.32 Å². The van der Waals surface area contributed by atoms with Gasteiger partial charge in [-0.25, -0.2) is 0 Å². The van der Waals surface area contributed by atoms with Gasteiger partial charge in [0.1, 0.15) is 5.54 Å². The molecule has 3 aliphatic rings. The summed E-state index contributed by atoms with van der Waals surface area (Å²) in [6, 6.07) is 13.0. The van der Waals surface area contributed by atoms with Crippen molar-refractivity contribution in [3.05, 3.63) is 69.2 Å². The quantitative estimate of drug-likeness (QED) is 0.693. The maximum absolute atomic E-state index is 13.0. The third-order valence-corrected chi connectivity index (χ3v) is 6.17. The van der Waals surface area contributed by atoms with E-state index >= 15 is 0 Å². The number of imide groups is 1.